The minimum Gasteiger partial charge on any atom is -0.396 e. The van der Waals surface area contributed by atoms with Crippen LogP contribution in [0.1, 0.15) is 6.92 Å². The molecule has 1 fully saturated rings. The van der Waals surface area contributed by atoms with Gasteiger partial charge in [-0.15, -0.1) is 0 Å². The highest BCUT2D eigenvalue weighted by Crippen LogP contribution is 2.14. The normalized spacial score (nSPS) is 21.9. The maximum atomic E-state index is 5.48. The molecule has 1 aliphatic rings. The lowest BCUT2D eigenvalue weighted by Gasteiger charge is -2.25. The summed E-state index contributed by atoms with van der Waals surface area (Å²) in [5.74, 6) is 0. The van der Waals surface area contributed by atoms with E-state index in [1.54, 1.807) is 14.2 Å². The molecule has 0 spiro atoms. The molecular formula is C8H18O4Si. The van der Waals surface area contributed by atoms with E-state index in [4.69, 9.17) is 18.3 Å². The average molecular weight is 206 g/mol. The van der Waals surface area contributed by atoms with Crippen molar-refractivity contribution in [2.45, 2.75) is 19.1 Å². The van der Waals surface area contributed by atoms with Crippen molar-refractivity contribution in [3.63, 3.8) is 0 Å². The quantitative estimate of drug-likeness (QED) is 0.454. The Kier molecular flexibility index (Phi) is 4.34. The van der Waals surface area contributed by atoms with Gasteiger partial charge in [-0.05, 0) is 6.04 Å². The van der Waals surface area contributed by atoms with Crippen molar-refractivity contribution < 1.29 is 18.3 Å². The van der Waals surface area contributed by atoms with Crippen LogP contribution in [0.3, 0.4) is 0 Å². The van der Waals surface area contributed by atoms with Crippen molar-refractivity contribution in [2.75, 3.05) is 33.7 Å². The number of rotatable bonds is 7. The lowest BCUT2D eigenvalue weighted by molar-refractivity contribution is 0.112. The summed E-state index contributed by atoms with van der Waals surface area (Å²) in [6.07, 6.45) is 0.911. The van der Waals surface area contributed by atoms with Crippen LogP contribution in [0.2, 0.25) is 6.04 Å². The van der Waals surface area contributed by atoms with Crippen molar-refractivity contribution in [3.8, 4) is 0 Å². The molecule has 78 valence electrons. The Morgan fingerprint density at radius 1 is 1.38 bits per heavy atom. The zero-order valence-corrected chi connectivity index (χ0v) is 9.54. The number of ether oxygens (including phenoxy) is 2. The fraction of sp³-hybridized carbons (Fsp3) is 1.00. The first-order valence-corrected chi connectivity index (χ1v) is 6.79. The Balaban J connectivity index is 2.19. The summed E-state index contributed by atoms with van der Waals surface area (Å²) >= 11 is 0. The zero-order chi connectivity index (χ0) is 9.73. The molecule has 0 radical (unpaired) electrons. The standard InChI is InChI=1S/C8H18O4Si/c1-4-13(9-2,10-3)7-11-5-8-6-12-8/h8H,4-7H2,1-3H3. The van der Waals surface area contributed by atoms with Gasteiger partial charge >= 0.3 is 8.56 Å². The monoisotopic (exact) mass is 206 g/mol. The first-order chi connectivity index (χ1) is 6.26. The van der Waals surface area contributed by atoms with E-state index in [9.17, 15) is 0 Å². The Labute approximate surface area is 80.4 Å². The van der Waals surface area contributed by atoms with Crippen LogP contribution in [0.4, 0.5) is 0 Å². The highest BCUT2D eigenvalue weighted by atomic mass is 28.4. The molecule has 0 aromatic rings. The van der Waals surface area contributed by atoms with Gasteiger partial charge in [0.05, 0.1) is 19.4 Å². The van der Waals surface area contributed by atoms with E-state index >= 15 is 0 Å². The van der Waals surface area contributed by atoms with Crippen LogP contribution in [-0.4, -0.2) is 48.3 Å². The molecule has 4 nitrogen and oxygen atoms in total. The van der Waals surface area contributed by atoms with Crippen LogP contribution in [-0.2, 0) is 18.3 Å². The molecule has 5 heteroatoms. The molecule has 0 N–H and O–H groups in total. The Morgan fingerprint density at radius 2 is 2.00 bits per heavy atom. The van der Waals surface area contributed by atoms with Gasteiger partial charge in [0.25, 0.3) is 0 Å². The first kappa shape index (κ1) is 11.1. The second-order valence-corrected chi connectivity index (χ2v) is 6.78. The summed E-state index contributed by atoms with van der Waals surface area (Å²) in [6, 6.07) is 0.908. The highest BCUT2D eigenvalue weighted by Gasteiger charge is 2.34. The molecule has 0 amide bonds. The van der Waals surface area contributed by atoms with Crippen LogP contribution in [0.5, 0.6) is 0 Å². The topological polar surface area (TPSA) is 40.2 Å². The van der Waals surface area contributed by atoms with Gasteiger partial charge in [0, 0.05) is 14.2 Å². The Bertz CT molecular complexity index is 137. The molecule has 0 aromatic heterocycles. The molecule has 0 aromatic carbocycles. The van der Waals surface area contributed by atoms with Gasteiger partial charge < -0.3 is 18.3 Å². The molecule has 1 rings (SSSR count). The summed E-state index contributed by atoms with van der Waals surface area (Å²) in [6.45, 7) is 3.57. The Morgan fingerprint density at radius 3 is 2.38 bits per heavy atom. The van der Waals surface area contributed by atoms with E-state index in [1.165, 1.54) is 0 Å². The number of hydrogen-bond acceptors (Lipinski definition) is 4. The van der Waals surface area contributed by atoms with Gasteiger partial charge in [0.15, 0.2) is 0 Å². The van der Waals surface area contributed by atoms with Crippen molar-refractivity contribution in [3.05, 3.63) is 0 Å². The second kappa shape index (κ2) is 5.07. The molecular weight excluding hydrogens is 188 g/mol. The van der Waals surface area contributed by atoms with E-state index in [1.807, 2.05) is 0 Å². The SMILES string of the molecule is CC[Si](COCC1CO1)(OC)OC. The van der Waals surface area contributed by atoms with Crippen LogP contribution < -0.4 is 0 Å². The molecule has 0 bridgehead atoms. The van der Waals surface area contributed by atoms with Crippen LogP contribution >= 0.6 is 0 Å². The smallest absolute Gasteiger partial charge is 0.364 e. The molecule has 1 aliphatic heterocycles. The third-order valence-corrected chi connectivity index (χ3v) is 5.52. The number of epoxide rings is 1. The van der Waals surface area contributed by atoms with Crippen molar-refractivity contribution in [1.82, 2.24) is 0 Å². The van der Waals surface area contributed by atoms with E-state index in [0.29, 0.717) is 18.9 Å². The minimum absolute atomic E-state index is 0.317. The molecule has 1 saturated heterocycles. The summed E-state index contributed by atoms with van der Waals surface area (Å²) < 4.78 is 21.3. The summed E-state index contributed by atoms with van der Waals surface area (Å²) in [5, 5.41) is 0. The number of hydrogen-bond donors (Lipinski definition) is 0. The molecule has 1 heterocycles. The Hall–Kier alpha value is 0.0569. The van der Waals surface area contributed by atoms with E-state index < -0.39 is 8.56 Å². The predicted octanol–water partition coefficient (Wildman–Crippen LogP) is 0.696. The van der Waals surface area contributed by atoms with Gasteiger partial charge in [0.1, 0.15) is 6.10 Å². The lowest BCUT2D eigenvalue weighted by atomic mass is 10.5. The molecule has 1 unspecified atom stereocenters. The fourth-order valence-corrected chi connectivity index (χ4v) is 2.71. The van der Waals surface area contributed by atoms with E-state index in [2.05, 4.69) is 6.92 Å². The second-order valence-electron chi connectivity index (χ2n) is 3.14. The average Bonchev–Trinajstić information content (AvgIpc) is 2.97. The third kappa shape index (κ3) is 3.36. The third-order valence-electron chi connectivity index (χ3n) is 2.31. The van der Waals surface area contributed by atoms with Crippen LogP contribution in [0.25, 0.3) is 0 Å². The summed E-state index contributed by atoms with van der Waals surface area (Å²) in [4.78, 5) is 0. The van der Waals surface area contributed by atoms with Crippen molar-refractivity contribution >= 4 is 8.56 Å². The van der Waals surface area contributed by atoms with E-state index in [0.717, 1.165) is 12.7 Å². The molecule has 1 atom stereocenters. The largest absolute Gasteiger partial charge is 0.396 e. The summed E-state index contributed by atoms with van der Waals surface area (Å²) in [7, 11) is 1.35. The molecule has 13 heavy (non-hydrogen) atoms. The lowest BCUT2D eigenvalue weighted by Crippen LogP contribution is -2.45. The molecule has 0 saturated carbocycles. The first-order valence-electron chi connectivity index (χ1n) is 4.56. The zero-order valence-electron chi connectivity index (χ0n) is 8.54. The maximum Gasteiger partial charge on any atom is 0.364 e. The van der Waals surface area contributed by atoms with Crippen molar-refractivity contribution in [1.29, 1.82) is 0 Å². The maximum absolute atomic E-state index is 5.48. The van der Waals surface area contributed by atoms with Gasteiger partial charge in [-0.1, -0.05) is 6.92 Å². The van der Waals surface area contributed by atoms with Crippen LogP contribution in [0.15, 0.2) is 0 Å². The predicted molar refractivity (Wildman–Crippen MR) is 50.8 cm³/mol. The minimum atomic E-state index is -2.03. The van der Waals surface area contributed by atoms with Crippen molar-refractivity contribution in [2.24, 2.45) is 0 Å². The van der Waals surface area contributed by atoms with Gasteiger partial charge in [-0.3, -0.25) is 0 Å². The van der Waals surface area contributed by atoms with Crippen LogP contribution in [0, 0.1) is 0 Å². The molecule has 0 aliphatic carbocycles. The van der Waals surface area contributed by atoms with E-state index in [-0.39, 0.29) is 0 Å². The summed E-state index contributed by atoms with van der Waals surface area (Å²) in [5.41, 5.74) is 0. The van der Waals surface area contributed by atoms with Gasteiger partial charge in [-0.25, -0.2) is 0 Å². The fourth-order valence-electron chi connectivity index (χ4n) is 1.10. The highest BCUT2D eigenvalue weighted by molar-refractivity contribution is 6.67. The van der Waals surface area contributed by atoms with Gasteiger partial charge in [0.2, 0.25) is 0 Å². The van der Waals surface area contributed by atoms with Gasteiger partial charge in [-0.2, -0.15) is 0 Å².